The van der Waals surface area contributed by atoms with Gasteiger partial charge in [0.2, 0.25) is 11.8 Å². The van der Waals surface area contributed by atoms with Gasteiger partial charge in [-0.05, 0) is 78.9 Å². The van der Waals surface area contributed by atoms with Crippen molar-refractivity contribution in [1.82, 2.24) is 44.3 Å². The van der Waals surface area contributed by atoms with Gasteiger partial charge in [-0.3, -0.25) is 44.3 Å². The minimum Gasteiger partial charge on any atom is -0.370 e. The Morgan fingerprint density at radius 3 is 2.57 bits per heavy atom. The number of nitrogens with zero attached hydrogens (tertiary/aromatic N) is 10. The van der Waals surface area contributed by atoms with E-state index < -0.39 is 35.9 Å². The van der Waals surface area contributed by atoms with Gasteiger partial charge in [0.05, 0.1) is 30.6 Å². The molecule has 6 aliphatic heterocycles. The molecule has 0 bridgehead atoms. The van der Waals surface area contributed by atoms with Crippen LogP contribution in [-0.2, 0) is 40.9 Å². The maximum atomic E-state index is 16.0. The number of carbonyl (C=O) groups is 5. The number of halogens is 2. The second-order valence-corrected chi connectivity index (χ2v) is 20.2. The molecule has 69 heavy (non-hydrogen) atoms. The van der Waals surface area contributed by atoms with Crippen molar-refractivity contribution in [3.8, 4) is 11.1 Å². The van der Waals surface area contributed by atoms with Gasteiger partial charge in [0.25, 0.3) is 11.8 Å². The SMILES string of the molecule is Cn1nc(N2CCC(=O)NC2=O)c2ccc(C3CCN(CC(=O)N4CC5(C4)CN(c4ccc(-c6cc(F)c7c(c6)C(=O)N(C(C(=O)Nc6nccs6)c6ncn8c6CCC8)C7)cc4)C5)CC3F)cc21. The van der Waals surface area contributed by atoms with Gasteiger partial charge in [-0.2, -0.15) is 5.10 Å². The van der Waals surface area contributed by atoms with Gasteiger partial charge in [0.15, 0.2) is 17.0 Å². The van der Waals surface area contributed by atoms with Gasteiger partial charge < -0.3 is 19.3 Å². The molecule has 4 saturated heterocycles. The Morgan fingerprint density at radius 2 is 1.80 bits per heavy atom. The molecule has 12 rings (SSSR count). The van der Waals surface area contributed by atoms with Crippen LogP contribution in [0.5, 0.6) is 0 Å². The molecule has 4 fully saturated rings. The Balaban J connectivity index is 0.644. The molecule has 3 aromatic heterocycles. The molecule has 3 unspecified atom stereocenters. The Hall–Kier alpha value is -7.06. The average Bonchev–Trinajstić information content (AvgIpc) is 4.16. The fraction of sp³-hybridized carbons (Fsp3) is 0.388. The van der Waals surface area contributed by atoms with Crippen LogP contribution in [0.15, 0.2) is 72.5 Å². The number of thiazole rings is 1. The van der Waals surface area contributed by atoms with Crippen molar-refractivity contribution in [3.63, 3.8) is 0 Å². The van der Waals surface area contributed by atoms with Crippen molar-refractivity contribution in [3.05, 3.63) is 106 Å². The second kappa shape index (κ2) is 16.6. The average molecular weight is 955 g/mol. The van der Waals surface area contributed by atoms with Gasteiger partial charge in [0.1, 0.15) is 12.0 Å². The van der Waals surface area contributed by atoms with Crippen molar-refractivity contribution in [2.75, 3.05) is 67.5 Å². The van der Waals surface area contributed by atoms with E-state index in [1.165, 1.54) is 27.2 Å². The van der Waals surface area contributed by atoms with Crippen molar-refractivity contribution in [2.24, 2.45) is 12.5 Å². The number of nitrogens with one attached hydrogen (secondary N) is 2. The van der Waals surface area contributed by atoms with Crippen molar-refractivity contribution in [2.45, 2.75) is 56.9 Å². The Morgan fingerprint density at radius 1 is 0.971 bits per heavy atom. The topological polar surface area (TPSA) is 174 Å². The van der Waals surface area contributed by atoms with Crippen molar-refractivity contribution >= 4 is 68.5 Å². The monoisotopic (exact) mass is 954 g/mol. The standard InChI is InChI=1S/C49H48F2N12O5S/c1-57-39-19-29(6-9-33(39)44(56-57)62-15-11-40(64)54-48(62)68)32-10-14-58(21-37(32)51)22-41(65)61-25-49(26-61)23-60(24-49)31-7-4-28(5-8-31)30-17-34-35(36(50)18-30)20-63(46(34)67)43(45(66)55-47-52-12-16-69-47)42-38-3-2-13-59(38)27-53-42/h4-9,12,16-19,27,32,37,43H,2-3,10-11,13-15,20-26H2,1H3,(H,52,55,66)(H,54,64,68). The summed E-state index contributed by atoms with van der Waals surface area (Å²) in [5, 5.41) is 12.6. The molecule has 6 aliphatic rings. The molecule has 3 aromatic carbocycles. The third-order valence-electron chi connectivity index (χ3n) is 14.9. The first-order valence-electron chi connectivity index (χ1n) is 23.3. The first-order valence-corrected chi connectivity index (χ1v) is 24.2. The highest BCUT2D eigenvalue weighted by atomic mass is 32.1. The van der Waals surface area contributed by atoms with Crippen molar-refractivity contribution in [1.29, 1.82) is 0 Å². The van der Waals surface area contributed by atoms with Gasteiger partial charge in [-0.25, -0.2) is 23.5 Å². The molecular formula is C49H48F2N12O5S. The number of aromatic nitrogens is 5. The first kappa shape index (κ1) is 43.2. The molecule has 3 atom stereocenters. The number of aryl methyl sites for hydroxylation is 2. The van der Waals surface area contributed by atoms with Crippen LogP contribution in [0.25, 0.3) is 22.0 Å². The fourth-order valence-electron chi connectivity index (χ4n) is 11.3. The molecule has 17 nitrogen and oxygen atoms in total. The number of imide groups is 1. The van der Waals surface area contributed by atoms with Crippen LogP contribution >= 0.6 is 11.3 Å². The lowest BCUT2D eigenvalue weighted by atomic mass is 9.72. The van der Waals surface area contributed by atoms with E-state index in [-0.39, 0.29) is 66.9 Å². The predicted molar refractivity (Wildman–Crippen MR) is 252 cm³/mol. The van der Waals surface area contributed by atoms with Crippen LogP contribution in [0.4, 0.5) is 30.2 Å². The van der Waals surface area contributed by atoms with Crippen LogP contribution < -0.4 is 20.4 Å². The maximum Gasteiger partial charge on any atom is 0.329 e. The summed E-state index contributed by atoms with van der Waals surface area (Å²) < 4.78 is 35.5. The number of fused-ring (bicyclic) bond motifs is 3. The van der Waals surface area contributed by atoms with Gasteiger partial charge in [-0.15, -0.1) is 11.3 Å². The molecule has 0 radical (unpaired) electrons. The number of imidazole rings is 1. The number of benzene rings is 3. The number of carbonyl (C=O) groups excluding carboxylic acids is 5. The number of hydrogen-bond acceptors (Lipinski definition) is 11. The molecule has 0 saturated carbocycles. The second-order valence-electron chi connectivity index (χ2n) is 19.3. The van der Waals surface area contributed by atoms with E-state index in [1.807, 2.05) is 56.8 Å². The molecule has 1 spiro atoms. The normalized spacial score (nSPS) is 21.3. The third kappa shape index (κ3) is 7.51. The number of likely N-dealkylation sites (tertiary alicyclic amines) is 2. The number of alkyl halides is 1. The van der Waals surface area contributed by atoms with Gasteiger partial charge >= 0.3 is 6.03 Å². The van der Waals surface area contributed by atoms with E-state index in [1.54, 1.807) is 35.7 Å². The lowest BCUT2D eigenvalue weighted by Gasteiger charge is -2.61. The van der Waals surface area contributed by atoms with E-state index in [0.29, 0.717) is 48.3 Å². The number of urea groups is 1. The highest BCUT2D eigenvalue weighted by Gasteiger charge is 2.53. The summed E-state index contributed by atoms with van der Waals surface area (Å²) in [6.07, 6.45) is 4.51. The van der Waals surface area contributed by atoms with Crippen LogP contribution in [0.3, 0.4) is 0 Å². The van der Waals surface area contributed by atoms with Gasteiger partial charge in [-0.1, -0.05) is 18.2 Å². The minimum atomic E-state index is -1.17. The molecule has 6 amide bonds. The number of anilines is 3. The molecular weight excluding hydrogens is 907 g/mol. The molecule has 6 aromatic rings. The quantitative estimate of drug-likeness (QED) is 0.185. The maximum absolute atomic E-state index is 16.0. The summed E-state index contributed by atoms with van der Waals surface area (Å²) >= 11 is 1.27. The molecule has 9 heterocycles. The summed E-state index contributed by atoms with van der Waals surface area (Å²) in [4.78, 5) is 83.3. The van der Waals surface area contributed by atoms with Gasteiger partial charge in [0, 0.05) is 110 Å². The Kier molecular flexibility index (Phi) is 10.4. The third-order valence-corrected chi connectivity index (χ3v) is 15.6. The van der Waals surface area contributed by atoms with E-state index >= 15 is 8.78 Å². The lowest BCUT2D eigenvalue weighted by molar-refractivity contribution is -0.147. The molecule has 0 aliphatic carbocycles. The lowest BCUT2D eigenvalue weighted by Crippen LogP contribution is -2.73. The Labute approximate surface area is 398 Å². The number of piperidine rings is 1. The van der Waals surface area contributed by atoms with E-state index in [4.69, 9.17) is 0 Å². The highest BCUT2D eigenvalue weighted by molar-refractivity contribution is 7.13. The fourth-order valence-corrected chi connectivity index (χ4v) is 11.9. The number of rotatable bonds is 10. The summed E-state index contributed by atoms with van der Waals surface area (Å²) in [6.45, 7) is 4.74. The van der Waals surface area contributed by atoms with E-state index in [0.717, 1.165) is 65.9 Å². The largest absolute Gasteiger partial charge is 0.370 e. The molecule has 20 heteroatoms. The van der Waals surface area contributed by atoms with Crippen molar-refractivity contribution < 1.29 is 32.8 Å². The summed E-state index contributed by atoms with van der Waals surface area (Å²) in [6, 6.07) is 15.1. The molecule has 354 valence electrons. The van der Waals surface area contributed by atoms with Crippen LogP contribution in [0.2, 0.25) is 0 Å². The number of amides is 6. The summed E-state index contributed by atoms with van der Waals surface area (Å²) in [5.74, 6) is -1.59. The smallest absolute Gasteiger partial charge is 0.329 e. The Bertz CT molecular complexity index is 3090. The zero-order valence-electron chi connectivity index (χ0n) is 37.7. The van der Waals surface area contributed by atoms with E-state index in [2.05, 4.69) is 30.6 Å². The summed E-state index contributed by atoms with van der Waals surface area (Å²) in [5.41, 5.74) is 5.81. The van der Waals surface area contributed by atoms with Crippen LogP contribution in [0, 0.1) is 11.2 Å². The number of hydrogen-bond donors (Lipinski definition) is 2. The zero-order valence-corrected chi connectivity index (χ0v) is 38.6. The van der Waals surface area contributed by atoms with E-state index in [9.17, 15) is 24.0 Å². The first-order chi connectivity index (χ1) is 33.4. The zero-order chi connectivity index (χ0) is 47.3. The van der Waals surface area contributed by atoms with Crippen LogP contribution in [0.1, 0.15) is 64.1 Å². The summed E-state index contributed by atoms with van der Waals surface area (Å²) in [7, 11) is 1.78. The highest BCUT2D eigenvalue weighted by Crippen LogP contribution is 2.44. The minimum absolute atomic E-state index is 0.00384. The molecule has 2 N–H and O–H groups in total. The predicted octanol–water partition coefficient (Wildman–Crippen LogP) is 5.24. The van der Waals surface area contributed by atoms with Crippen LogP contribution in [-0.4, -0.2) is 127 Å².